The summed E-state index contributed by atoms with van der Waals surface area (Å²) in [5, 5.41) is 0.511. The summed E-state index contributed by atoms with van der Waals surface area (Å²) in [6.07, 6.45) is 1.38. The normalized spacial score (nSPS) is 12.1. The Hall–Kier alpha value is -3.65. The van der Waals surface area contributed by atoms with Gasteiger partial charge in [0.25, 0.3) is 5.56 Å². The van der Waals surface area contributed by atoms with Crippen LogP contribution in [0.15, 0.2) is 70.5 Å². The molecule has 0 saturated carbocycles. The molecule has 0 saturated heterocycles. The zero-order valence-corrected chi connectivity index (χ0v) is 18.3. The monoisotopic (exact) mass is 452 g/mol. The van der Waals surface area contributed by atoms with Gasteiger partial charge in [-0.15, -0.1) is 0 Å². The van der Waals surface area contributed by atoms with Gasteiger partial charge in [-0.05, 0) is 43.7 Å². The molecule has 0 bridgehead atoms. The van der Waals surface area contributed by atoms with Crippen molar-refractivity contribution in [2.45, 2.75) is 26.4 Å². The third-order valence-corrected chi connectivity index (χ3v) is 5.42. The first kappa shape index (κ1) is 21.6. The lowest BCUT2D eigenvalue weighted by atomic mass is 10.2. The van der Waals surface area contributed by atoms with Gasteiger partial charge < -0.3 is 9.30 Å². The molecule has 2 heterocycles. The van der Waals surface area contributed by atoms with Crippen LogP contribution in [0.4, 0.5) is 0 Å². The number of hydrogen-bond acceptors (Lipinski definition) is 5. The van der Waals surface area contributed by atoms with E-state index in [1.807, 2.05) is 30.3 Å². The van der Waals surface area contributed by atoms with Gasteiger partial charge >= 0.3 is 11.7 Å². The minimum atomic E-state index is -0.797. The molecule has 0 fully saturated rings. The van der Waals surface area contributed by atoms with Crippen molar-refractivity contribution in [3.05, 3.63) is 92.3 Å². The van der Waals surface area contributed by atoms with Crippen molar-refractivity contribution in [2.75, 3.05) is 6.61 Å². The highest BCUT2D eigenvalue weighted by Gasteiger charge is 2.24. The second-order valence-corrected chi connectivity index (χ2v) is 7.66. The predicted molar refractivity (Wildman–Crippen MR) is 121 cm³/mol. The summed E-state index contributed by atoms with van der Waals surface area (Å²) in [4.78, 5) is 43.6. The number of aromatic nitrogens is 4. The topological polar surface area (TPSA) is 88.1 Å². The van der Waals surface area contributed by atoms with Gasteiger partial charge in [0, 0.05) is 5.02 Å². The molecule has 1 unspecified atom stereocenters. The molecule has 4 rings (SSSR count). The fourth-order valence-corrected chi connectivity index (χ4v) is 3.67. The Balaban J connectivity index is 2.01. The van der Waals surface area contributed by atoms with Crippen LogP contribution in [0.5, 0.6) is 0 Å². The summed E-state index contributed by atoms with van der Waals surface area (Å²) in [5.41, 5.74) is 0.507. The molecule has 0 N–H and O–H groups in total. The highest BCUT2D eigenvalue weighted by atomic mass is 35.5. The van der Waals surface area contributed by atoms with E-state index in [9.17, 15) is 14.4 Å². The third kappa shape index (κ3) is 3.85. The Morgan fingerprint density at radius 1 is 1.09 bits per heavy atom. The molecule has 0 aliphatic carbocycles. The zero-order valence-electron chi connectivity index (χ0n) is 17.6. The molecule has 1 atom stereocenters. The van der Waals surface area contributed by atoms with Crippen LogP contribution in [0.25, 0.3) is 16.9 Å². The van der Waals surface area contributed by atoms with Crippen LogP contribution in [0, 0.1) is 0 Å². The maximum Gasteiger partial charge on any atom is 0.337 e. The van der Waals surface area contributed by atoms with Crippen LogP contribution in [-0.2, 0) is 16.1 Å². The minimum Gasteiger partial charge on any atom is -0.464 e. The lowest BCUT2D eigenvalue weighted by Gasteiger charge is -2.15. The Labute approximate surface area is 188 Å². The van der Waals surface area contributed by atoms with Crippen LogP contribution >= 0.6 is 11.6 Å². The first-order valence-corrected chi connectivity index (χ1v) is 10.5. The summed E-state index contributed by atoms with van der Waals surface area (Å²) in [5.74, 6) is -0.495. The molecule has 0 radical (unpaired) electrons. The fraction of sp³-hybridized carbons (Fsp3) is 0.217. The fourth-order valence-electron chi connectivity index (χ4n) is 3.55. The Morgan fingerprint density at radius 2 is 1.78 bits per heavy atom. The van der Waals surface area contributed by atoms with Gasteiger partial charge in [-0.25, -0.2) is 19.1 Å². The standard InChI is InChI=1S/C23H21ClN4O4/c1-3-32-22(30)15(2)27-14-25-20-19(27)21(29)26(13-16-7-5-4-6-8-16)23(31)28(20)18-11-9-17(24)10-12-18/h4-12,14-15H,3,13H2,1-2H3. The molecule has 4 aromatic rings. The number of rotatable bonds is 6. The van der Waals surface area contributed by atoms with Gasteiger partial charge in [0.2, 0.25) is 0 Å². The maximum absolute atomic E-state index is 13.5. The lowest BCUT2D eigenvalue weighted by molar-refractivity contribution is -0.146. The number of carbonyl (C=O) groups excluding carboxylic acids is 1. The Morgan fingerprint density at radius 3 is 2.44 bits per heavy atom. The summed E-state index contributed by atoms with van der Waals surface area (Å²) < 4.78 is 9.05. The molecule has 0 amide bonds. The highest BCUT2D eigenvalue weighted by Crippen LogP contribution is 2.19. The average molecular weight is 453 g/mol. The molecule has 0 aliphatic heterocycles. The average Bonchev–Trinajstić information content (AvgIpc) is 3.23. The van der Waals surface area contributed by atoms with Crippen molar-refractivity contribution in [1.29, 1.82) is 0 Å². The first-order valence-electron chi connectivity index (χ1n) is 10.1. The van der Waals surface area contributed by atoms with E-state index in [1.54, 1.807) is 38.1 Å². The van der Waals surface area contributed by atoms with Crippen LogP contribution in [0.1, 0.15) is 25.5 Å². The van der Waals surface area contributed by atoms with E-state index in [0.29, 0.717) is 10.7 Å². The van der Waals surface area contributed by atoms with E-state index in [2.05, 4.69) is 4.98 Å². The van der Waals surface area contributed by atoms with E-state index in [4.69, 9.17) is 16.3 Å². The SMILES string of the molecule is CCOC(=O)C(C)n1cnc2c1c(=O)n(Cc1ccccc1)c(=O)n2-c1ccc(Cl)cc1. The van der Waals surface area contributed by atoms with Gasteiger partial charge in [-0.1, -0.05) is 41.9 Å². The molecule has 0 spiro atoms. The van der Waals surface area contributed by atoms with Crippen molar-refractivity contribution in [3.63, 3.8) is 0 Å². The number of halogens is 1. The number of fused-ring (bicyclic) bond motifs is 1. The quantitative estimate of drug-likeness (QED) is 0.419. The number of ether oxygens (including phenoxy) is 1. The van der Waals surface area contributed by atoms with Gasteiger partial charge in [0.1, 0.15) is 6.04 Å². The Bertz CT molecular complexity index is 1390. The van der Waals surface area contributed by atoms with Crippen molar-refractivity contribution in [3.8, 4) is 5.69 Å². The first-order chi connectivity index (χ1) is 15.4. The molecule has 32 heavy (non-hydrogen) atoms. The largest absolute Gasteiger partial charge is 0.464 e. The van der Waals surface area contributed by atoms with Crippen LogP contribution < -0.4 is 11.2 Å². The van der Waals surface area contributed by atoms with Crippen LogP contribution in [0.2, 0.25) is 5.02 Å². The minimum absolute atomic E-state index is 0.0704. The van der Waals surface area contributed by atoms with Crippen molar-refractivity contribution in [2.24, 2.45) is 0 Å². The summed E-state index contributed by atoms with van der Waals surface area (Å²) in [6.45, 7) is 3.62. The molecular formula is C23H21ClN4O4. The predicted octanol–water partition coefficient (Wildman–Crippen LogP) is 3.17. The Kier molecular flexibility index (Phi) is 5.96. The summed E-state index contributed by atoms with van der Waals surface area (Å²) in [6, 6.07) is 15.1. The van der Waals surface area contributed by atoms with Crippen LogP contribution in [-0.4, -0.2) is 31.3 Å². The van der Waals surface area contributed by atoms with Crippen molar-refractivity contribution >= 4 is 28.7 Å². The van der Waals surface area contributed by atoms with E-state index >= 15 is 0 Å². The summed E-state index contributed by atoms with van der Waals surface area (Å²) >= 11 is 6.02. The molecule has 2 aromatic heterocycles. The van der Waals surface area contributed by atoms with Gasteiger partial charge in [-0.2, -0.15) is 0 Å². The van der Waals surface area contributed by atoms with Gasteiger partial charge in [0.15, 0.2) is 11.2 Å². The molecule has 0 aliphatic rings. The maximum atomic E-state index is 13.5. The number of esters is 1. The molecule has 9 heteroatoms. The van der Waals surface area contributed by atoms with Crippen LogP contribution in [0.3, 0.4) is 0 Å². The highest BCUT2D eigenvalue weighted by molar-refractivity contribution is 6.30. The zero-order chi connectivity index (χ0) is 22.8. The summed E-state index contributed by atoms with van der Waals surface area (Å²) in [7, 11) is 0. The second-order valence-electron chi connectivity index (χ2n) is 7.22. The van der Waals surface area contributed by atoms with Gasteiger partial charge in [0.05, 0.1) is 25.2 Å². The smallest absolute Gasteiger partial charge is 0.337 e. The van der Waals surface area contributed by atoms with E-state index in [0.717, 1.165) is 10.1 Å². The third-order valence-electron chi connectivity index (χ3n) is 5.17. The molecule has 164 valence electrons. The number of imidazole rings is 1. The van der Waals surface area contributed by atoms with Crippen molar-refractivity contribution < 1.29 is 9.53 Å². The van der Waals surface area contributed by atoms with E-state index in [-0.39, 0.29) is 24.3 Å². The number of hydrogen-bond donors (Lipinski definition) is 0. The molecule has 2 aromatic carbocycles. The van der Waals surface area contributed by atoms with Gasteiger partial charge in [-0.3, -0.25) is 9.36 Å². The number of nitrogens with zero attached hydrogens (tertiary/aromatic N) is 4. The number of carbonyl (C=O) groups is 1. The second kappa shape index (κ2) is 8.84. The molecule has 8 nitrogen and oxygen atoms in total. The lowest BCUT2D eigenvalue weighted by Crippen LogP contribution is -2.40. The molecular weight excluding hydrogens is 432 g/mol. The van der Waals surface area contributed by atoms with Crippen molar-refractivity contribution in [1.82, 2.24) is 18.7 Å². The van der Waals surface area contributed by atoms with E-state index in [1.165, 1.54) is 15.5 Å². The van der Waals surface area contributed by atoms with E-state index < -0.39 is 23.3 Å². The number of benzene rings is 2.